The molecule has 0 spiro atoms. The number of halogens is 4. The van der Waals surface area contributed by atoms with Crippen LogP contribution in [0.25, 0.3) is 0 Å². The van der Waals surface area contributed by atoms with E-state index in [0.29, 0.717) is 0 Å². The first-order chi connectivity index (χ1) is 5.00. The van der Waals surface area contributed by atoms with Gasteiger partial charge in [0.15, 0.2) is 0 Å². The van der Waals surface area contributed by atoms with Crippen molar-refractivity contribution >= 4 is 7.25 Å². The molecule has 0 N–H and O–H groups in total. The smallest absolute Gasteiger partial charge is 0.418 e. The van der Waals surface area contributed by atoms with Crippen molar-refractivity contribution in [2.24, 2.45) is 0 Å². The van der Waals surface area contributed by atoms with Crippen LogP contribution in [0.3, 0.4) is 0 Å². The second-order valence-electron chi connectivity index (χ2n) is 1.48. The summed E-state index contributed by atoms with van der Waals surface area (Å²) in [4.78, 5) is 0. The Balaban J connectivity index is 0.000000187. The van der Waals surface area contributed by atoms with E-state index < -0.39 is 7.25 Å². The molecule has 0 saturated carbocycles. The summed E-state index contributed by atoms with van der Waals surface area (Å²) in [5.41, 5.74) is 0. The van der Waals surface area contributed by atoms with E-state index in [1.165, 1.54) is 0 Å². The maximum absolute atomic E-state index is 9.75. The third kappa shape index (κ3) is 17.6. The summed E-state index contributed by atoms with van der Waals surface area (Å²) >= 11 is 0. The van der Waals surface area contributed by atoms with Crippen LogP contribution in [0.4, 0.5) is 17.3 Å². The van der Waals surface area contributed by atoms with Gasteiger partial charge in [0.25, 0.3) is 0 Å². The minimum Gasteiger partial charge on any atom is -0.418 e. The molecular weight excluding hydrogens is 163 g/mol. The van der Waals surface area contributed by atoms with Crippen LogP contribution in [-0.4, -0.2) is 7.25 Å². The fraction of sp³-hybridized carbons (Fsp3) is 0. The number of hydrogen-bond donors (Lipinski definition) is 0. The van der Waals surface area contributed by atoms with Gasteiger partial charge in [0.2, 0.25) is 0 Å². The molecule has 1 heterocycles. The molecule has 62 valence electrons. The largest absolute Gasteiger partial charge is 0.673 e. The Labute approximate surface area is 60.8 Å². The lowest BCUT2D eigenvalue weighted by molar-refractivity contribution is 0.368. The fourth-order valence-electron chi connectivity index (χ4n) is 0.291. The van der Waals surface area contributed by atoms with Crippen LogP contribution < -0.4 is 0 Å². The van der Waals surface area contributed by atoms with Gasteiger partial charge in [0.05, 0.1) is 0 Å². The maximum atomic E-state index is 9.75. The molecule has 1 aromatic heterocycles. The Morgan fingerprint density at radius 1 is 0.818 bits per heavy atom. The summed E-state index contributed by atoms with van der Waals surface area (Å²) in [6.07, 6.45) is 3.25. The van der Waals surface area contributed by atoms with Gasteiger partial charge in [0.1, 0.15) is 0 Å². The lowest BCUT2D eigenvalue weighted by atomic mass is 10.3. The average Bonchev–Trinajstić information content (AvgIpc) is 1.88. The van der Waals surface area contributed by atoms with Gasteiger partial charge in [-0.15, -0.1) is 0 Å². The molecule has 0 fully saturated rings. The molecule has 0 atom stereocenters. The SMILES string of the molecule is F[B-](F)(F)F.c1cc[o+]cc1. The summed E-state index contributed by atoms with van der Waals surface area (Å²) in [5.74, 6) is 0. The van der Waals surface area contributed by atoms with Gasteiger partial charge in [0, 0.05) is 12.1 Å². The lowest BCUT2D eigenvalue weighted by Crippen LogP contribution is -2.02. The van der Waals surface area contributed by atoms with Gasteiger partial charge in [-0.25, -0.2) is 4.42 Å². The molecule has 11 heavy (non-hydrogen) atoms. The van der Waals surface area contributed by atoms with Crippen LogP contribution in [0.2, 0.25) is 0 Å². The summed E-state index contributed by atoms with van der Waals surface area (Å²) in [6, 6.07) is 5.57. The van der Waals surface area contributed by atoms with E-state index in [-0.39, 0.29) is 0 Å². The molecule has 1 rings (SSSR count). The predicted molar refractivity (Wildman–Crippen MR) is 33.3 cm³/mol. The summed E-state index contributed by atoms with van der Waals surface area (Å²) < 4.78 is 43.7. The molecule has 0 aliphatic rings. The molecule has 0 amide bonds. The third-order valence-electron chi connectivity index (χ3n) is 0.536. The monoisotopic (exact) mass is 168 g/mol. The van der Waals surface area contributed by atoms with Gasteiger partial charge in [-0.2, -0.15) is 0 Å². The van der Waals surface area contributed by atoms with Crippen molar-refractivity contribution in [1.29, 1.82) is 0 Å². The molecule has 1 nitrogen and oxygen atoms in total. The van der Waals surface area contributed by atoms with E-state index in [2.05, 4.69) is 4.42 Å². The Morgan fingerprint density at radius 2 is 1.18 bits per heavy atom. The molecule has 0 radical (unpaired) electrons. The number of rotatable bonds is 0. The zero-order chi connectivity index (χ0) is 8.74. The third-order valence-corrected chi connectivity index (χ3v) is 0.536. The van der Waals surface area contributed by atoms with E-state index in [1.54, 1.807) is 12.5 Å². The fourth-order valence-corrected chi connectivity index (χ4v) is 0.291. The molecule has 1 aromatic rings. The highest BCUT2D eigenvalue weighted by Crippen LogP contribution is 2.06. The van der Waals surface area contributed by atoms with Crippen molar-refractivity contribution in [3.63, 3.8) is 0 Å². The standard InChI is InChI=1S/C5H5O.BF4/c1-2-4-6-5-3-1;2-1(3,4)5/h1-5H;/q+1;-1. The van der Waals surface area contributed by atoms with Crippen molar-refractivity contribution in [2.75, 3.05) is 0 Å². The predicted octanol–water partition coefficient (Wildman–Crippen LogP) is 2.86. The zero-order valence-corrected chi connectivity index (χ0v) is 5.38. The highest BCUT2D eigenvalue weighted by Gasteiger charge is 2.20. The van der Waals surface area contributed by atoms with Crippen LogP contribution in [-0.2, 0) is 0 Å². The Bertz CT molecular complexity index is 143. The highest BCUT2D eigenvalue weighted by molar-refractivity contribution is 6.50. The van der Waals surface area contributed by atoms with Crippen molar-refractivity contribution in [3.05, 3.63) is 30.7 Å². The second-order valence-corrected chi connectivity index (χ2v) is 1.48. The average molecular weight is 168 g/mol. The van der Waals surface area contributed by atoms with Crippen molar-refractivity contribution in [1.82, 2.24) is 0 Å². The van der Waals surface area contributed by atoms with Crippen molar-refractivity contribution in [2.45, 2.75) is 0 Å². The Hall–Kier alpha value is -1.07. The summed E-state index contributed by atoms with van der Waals surface area (Å²) in [7, 11) is -6.00. The van der Waals surface area contributed by atoms with Crippen LogP contribution in [0.5, 0.6) is 0 Å². The van der Waals surface area contributed by atoms with Gasteiger partial charge in [-0.1, -0.05) is 0 Å². The zero-order valence-electron chi connectivity index (χ0n) is 5.38. The first-order valence-electron chi connectivity index (χ1n) is 2.68. The molecule has 0 bridgehead atoms. The molecule has 0 saturated heterocycles. The van der Waals surface area contributed by atoms with E-state index in [1.807, 2.05) is 18.2 Å². The molecule has 0 aliphatic heterocycles. The molecular formula is C5H5BF4O. The van der Waals surface area contributed by atoms with E-state index in [0.717, 1.165) is 0 Å². The minimum atomic E-state index is -6.00. The van der Waals surface area contributed by atoms with Crippen LogP contribution >= 0.6 is 0 Å². The first-order valence-corrected chi connectivity index (χ1v) is 2.68. The Kier molecular flexibility index (Phi) is 4.25. The summed E-state index contributed by atoms with van der Waals surface area (Å²) in [6.45, 7) is 0. The van der Waals surface area contributed by atoms with E-state index in [9.17, 15) is 17.3 Å². The van der Waals surface area contributed by atoms with Crippen LogP contribution in [0.15, 0.2) is 35.1 Å². The maximum Gasteiger partial charge on any atom is 0.673 e. The van der Waals surface area contributed by atoms with Crippen LogP contribution in [0, 0.1) is 0 Å². The molecule has 6 heteroatoms. The Morgan fingerprint density at radius 3 is 1.27 bits per heavy atom. The van der Waals surface area contributed by atoms with Gasteiger partial charge in [-0.05, 0) is 6.07 Å². The summed E-state index contributed by atoms with van der Waals surface area (Å²) in [5, 5.41) is 0. The second kappa shape index (κ2) is 4.70. The highest BCUT2D eigenvalue weighted by atomic mass is 19.5. The molecule has 0 unspecified atom stereocenters. The molecule has 0 aliphatic carbocycles. The van der Waals surface area contributed by atoms with Gasteiger partial charge >= 0.3 is 19.8 Å². The quantitative estimate of drug-likeness (QED) is 0.329. The van der Waals surface area contributed by atoms with Gasteiger partial charge in [-0.3, -0.25) is 0 Å². The first kappa shape index (κ1) is 9.93. The van der Waals surface area contributed by atoms with Crippen molar-refractivity contribution in [3.8, 4) is 0 Å². The van der Waals surface area contributed by atoms with E-state index in [4.69, 9.17) is 0 Å². The molecule has 0 aromatic carbocycles. The number of hydrogen-bond acceptors (Lipinski definition) is 0. The topological polar surface area (TPSA) is 11.3 Å². The van der Waals surface area contributed by atoms with E-state index >= 15 is 0 Å². The van der Waals surface area contributed by atoms with Crippen LogP contribution in [0.1, 0.15) is 0 Å². The lowest BCUT2D eigenvalue weighted by Gasteiger charge is -1.94. The van der Waals surface area contributed by atoms with Gasteiger partial charge < -0.3 is 17.3 Å². The normalized spacial score (nSPS) is 9.82. The minimum absolute atomic E-state index is 1.62. The van der Waals surface area contributed by atoms with Crippen molar-refractivity contribution < 1.29 is 21.7 Å².